The zero-order chi connectivity index (χ0) is 25.2. The fourth-order valence-corrected chi connectivity index (χ4v) is 6.01. The Bertz CT molecular complexity index is 1170. The zero-order valence-electron chi connectivity index (χ0n) is 21.6. The number of anilines is 1. The molecule has 3 aliphatic heterocycles. The van der Waals surface area contributed by atoms with Crippen LogP contribution in [0.3, 0.4) is 0 Å². The Morgan fingerprint density at radius 1 is 1.27 bits per heavy atom. The van der Waals surface area contributed by atoms with Gasteiger partial charge < -0.3 is 29.3 Å². The number of ether oxygens (including phenoxy) is 3. The first-order valence-electron chi connectivity index (χ1n) is 13.6. The number of rotatable bonds is 6. The van der Waals surface area contributed by atoms with E-state index in [1.165, 1.54) is 11.1 Å². The van der Waals surface area contributed by atoms with Crippen molar-refractivity contribution in [3.8, 4) is 0 Å². The predicted molar refractivity (Wildman–Crippen MR) is 142 cm³/mol. The Balaban J connectivity index is 1.14. The Morgan fingerprint density at radius 2 is 2.14 bits per heavy atom. The van der Waals surface area contributed by atoms with Gasteiger partial charge in [0.2, 0.25) is 0 Å². The Labute approximate surface area is 218 Å². The number of carbonyl (C=O) groups excluding carboxylic acids is 1. The molecule has 1 N–H and O–H groups in total. The second-order valence-corrected chi connectivity index (χ2v) is 10.4. The summed E-state index contributed by atoms with van der Waals surface area (Å²) in [6, 6.07) is 4.30. The Morgan fingerprint density at radius 3 is 2.81 bits per heavy atom. The number of hydrogen-bond donors (Lipinski definition) is 1. The molecule has 0 spiro atoms. The summed E-state index contributed by atoms with van der Waals surface area (Å²) in [6.45, 7) is 8.65. The number of carbonyl (C=O) groups is 1. The van der Waals surface area contributed by atoms with Crippen LogP contribution in [0.5, 0.6) is 0 Å². The van der Waals surface area contributed by atoms with Crippen LogP contribution < -0.4 is 10.2 Å². The first-order valence-corrected chi connectivity index (χ1v) is 13.6. The van der Waals surface area contributed by atoms with Gasteiger partial charge >= 0.3 is 6.09 Å². The van der Waals surface area contributed by atoms with Gasteiger partial charge in [0.05, 0.1) is 30.0 Å². The number of hydrogen-bond acceptors (Lipinski definition) is 7. The molecule has 9 heteroatoms. The fourth-order valence-electron chi connectivity index (χ4n) is 6.01. The van der Waals surface area contributed by atoms with Gasteiger partial charge in [-0.15, -0.1) is 0 Å². The maximum Gasteiger partial charge on any atom is 0.410 e. The molecule has 2 atom stereocenters. The number of piperazine rings is 1. The van der Waals surface area contributed by atoms with Gasteiger partial charge in [-0.05, 0) is 50.4 Å². The summed E-state index contributed by atoms with van der Waals surface area (Å²) in [4.78, 5) is 16.5. The van der Waals surface area contributed by atoms with Crippen LogP contribution >= 0.6 is 0 Å². The molecular formula is C28H37N5O4. The minimum Gasteiger partial charge on any atom is -0.441 e. The summed E-state index contributed by atoms with van der Waals surface area (Å²) >= 11 is 0. The molecule has 2 aromatic heterocycles. The standard InChI is InChI=1S/C28H37N5O4/c1-2-36-28(9-3-10-29-20-28)23-6-4-21(5-7-23)22-16-26-25(8-11-30-33(26)17-22)31-12-14-32(15-13-31)27(34)37-24-18-35-19-24/h4-6,8,11,16-17,23-24,29H,2-3,7,9-10,12-15,18-20H2,1H3/t23?,28-/m0/s1. The highest BCUT2D eigenvalue weighted by Gasteiger charge is 2.39. The highest BCUT2D eigenvalue weighted by molar-refractivity contribution is 5.82. The third-order valence-corrected chi connectivity index (χ3v) is 8.16. The largest absolute Gasteiger partial charge is 0.441 e. The number of fused-ring (bicyclic) bond motifs is 1. The van der Waals surface area contributed by atoms with Crippen molar-refractivity contribution in [2.45, 2.75) is 37.9 Å². The first kappa shape index (κ1) is 24.5. The van der Waals surface area contributed by atoms with Crippen LogP contribution in [0.2, 0.25) is 0 Å². The van der Waals surface area contributed by atoms with Gasteiger partial charge in [-0.1, -0.05) is 18.2 Å². The highest BCUT2D eigenvalue weighted by Crippen LogP contribution is 2.38. The zero-order valence-corrected chi connectivity index (χ0v) is 21.6. The first-order chi connectivity index (χ1) is 18.1. The van der Waals surface area contributed by atoms with Crippen LogP contribution in [0.25, 0.3) is 11.1 Å². The molecule has 1 amide bonds. The van der Waals surface area contributed by atoms with E-state index in [9.17, 15) is 4.79 Å². The van der Waals surface area contributed by atoms with E-state index in [1.807, 2.05) is 10.7 Å². The summed E-state index contributed by atoms with van der Waals surface area (Å²) in [5.74, 6) is 0.384. The molecule has 198 valence electrons. The monoisotopic (exact) mass is 507 g/mol. The van der Waals surface area contributed by atoms with E-state index in [0.717, 1.165) is 63.3 Å². The van der Waals surface area contributed by atoms with Crippen LogP contribution in [0.1, 0.15) is 31.7 Å². The number of nitrogens with one attached hydrogen (secondary N) is 1. The van der Waals surface area contributed by atoms with Gasteiger partial charge in [0.1, 0.15) is 0 Å². The van der Waals surface area contributed by atoms with Gasteiger partial charge in [-0.2, -0.15) is 5.10 Å². The molecule has 6 rings (SSSR count). The van der Waals surface area contributed by atoms with Gasteiger partial charge in [0.25, 0.3) is 0 Å². The van der Waals surface area contributed by atoms with E-state index in [-0.39, 0.29) is 17.8 Å². The van der Waals surface area contributed by atoms with Crippen molar-refractivity contribution in [1.82, 2.24) is 19.8 Å². The smallest absolute Gasteiger partial charge is 0.410 e. The van der Waals surface area contributed by atoms with Gasteiger partial charge in [0.15, 0.2) is 6.10 Å². The van der Waals surface area contributed by atoms with Crippen molar-refractivity contribution in [2.24, 2.45) is 5.92 Å². The maximum absolute atomic E-state index is 12.4. The molecule has 4 aliphatic rings. The molecule has 9 nitrogen and oxygen atoms in total. The number of nitrogens with zero attached hydrogens (tertiary/aromatic N) is 4. The Kier molecular flexibility index (Phi) is 6.92. The Hall–Kier alpha value is -2.88. The topological polar surface area (TPSA) is 80.6 Å². The molecule has 1 aliphatic carbocycles. The molecule has 0 aromatic carbocycles. The van der Waals surface area contributed by atoms with E-state index < -0.39 is 0 Å². The van der Waals surface area contributed by atoms with Crippen molar-refractivity contribution in [1.29, 1.82) is 0 Å². The maximum atomic E-state index is 12.4. The SMILES string of the molecule is CCO[C@@]1(C2C=CC(c3cc4c(N5CCN(C(=O)OC6COC6)CC5)ccnn4c3)=CC2)CCCNC1. The van der Waals surface area contributed by atoms with Crippen LogP contribution in [0.15, 0.2) is 42.8 Å². The van der Waals surface area contributed by atoms with Crippen molar-refractivity contribution in [3.63, 3.8) is 0 Å². The molecule has 0 bridgehead atoms. The summed E-state index contributed by atoms with van der Waals surface area (Å²) in [5, 5.41) is 8.13. The lowest BCUT2D eigenvalue weighted by atomic mass is 9.76. The lowest BCUT2D eigenvalue weighted by Gasteiger charge is -2.43. The third kappa shape index (κ3) is 4.87. The molecule has 5 heterocycles. The van der Waals surface area contributed by atoms with E-state index >= 15 is 0 Å². The van der Waals surface area contributed by atoms with Crippen molar-refractivity contribution in [3.05, 3.63) is 48.3 Å². The third-order valence-electron chi connectivity index (χ3n) is 8.16. The summed E-state index contributed by atoms with van der Waals surface area (Å²) in [5.41, 5.74) is 4.52. The normalized spacial score (nSPS) is 26.7. The van der Waals surface area contributed by atoms with Crippen LogP contribution in [0, 0.1) is 5.92 Å². The lowest BCUT2D eigenvalue weighted by molar-refractivity contribution is -0.104. The lowest BCUT2D eigenvalue weighted by Crippen LogP contribution is -2.52. The number of amides is 1. The predicted octanol–water partition coefficient (Wildman–Crippen LogP) is 3.11. The highest BCUT2D eigenvalue weighted by atomic mass is 16.6. The number of aromatic nitrogens is 2. The van der Waals surface area contributed by atoms with Gasteiger partial charge in [0, 0.05) is 63.2 Å². The second kappa shape index (κ2) is 10.5. The molecule has 0 saturated carbocycles. The van der Waals surface area contributed by atoms with Crippen molar-refractivity contribution >= 4 is 22.9 Å². The van der Waals surface area contributed by atoms with Crippen molar-refractivity contribution < 1.29 is 19.0 Å². The van der Waals surface area contributed by atoms with Crippen LogP contribution in [0.4, 0.5) is 10.5 Å². The average molecular weight is 508 g/mol. The summed E-state index contributed by atoms with van der Waals surface area (Å²) in [6.07, 6.45) is 13.8. The quantitative estimate of drug-likeness (QED) is 0.644. The van der Waals surface area contributed by atoms with E-state index in [2.05, 4.69) is 58.8 Å². The van der Waals surface area contributed by atoms with Gasteiger partial charge in [-0.3, -0.25) is 0 Å². The van der Waals surface area contributed by atoms with E-state index in [4.69, 9.17) is 14.2 Å². The molecular weight excluding hydrogens is 470 g/mol. The van der Waals surface area contributed by atoms with Crippen LogP contribution in [-0.2, 0) is 14.2 Å². The number of piperidine rings is 1. The van der Waals surface area contributed by atoms with Gasteiger partial charge in [-0.25, -0.2) is 9.31 Å². The molecule has 2 aromatic rings. The van der Waals surface area contributed by atoms with E-state index in [1.54, 1.807) is 4.90 Å². The second-order valence-electron chi connectivity index (χ2n) is 10.4. The van der Waals surface area contributed by atoms with Crippen molar-refractivity contribution in [2.75, 3.05) is 64.0 Å². The summed E-state index contributed by atoms with van der Waals surface area (Å²) < 4.78 is 18.9. The molecule has 1 unspecified atom stereocenters. The molecule has 3 saturated heterocycles. The summed E-state index contributed by atoms with van der Waals surface area (Å²) in [7, 11) is 0. The minimum absolute atomic E-state index is 0.0908. The van der Waals surface area contributed by atoms with Crippen LogP contribution in [-0.4, -0.2) is 91.4 Å². The average Bonchev–Trinajstić information content (AvgIpc) is 3.36. The molecule has 0 radical (unpaired) electrons. The van der Waals surface area contributed by atoms with E-state index in [0.29, 0.717) is 32.2 Å². The molecule has 37 heavy (non-hydrogen) atoms. The number of allylic oxidation sites excluding steroid dienone is 3. The fraction of sp³-hybridized carbons (Fsp3) is 0.571. The minimum atomic E-state index is -0.234. The molecule has 3 fully saturated rings.